The lowest BCUT2D eigenvalue weighted by molar-refractivity contribution is -0.140. The molecule has 1 aromatic heterocycles. The van der Waals surface area contributed by atoms with E-state index in [1.165, 1.54) is 113 Å². The molecule has 0 aliphatic carbocycles. The molecule has 140 heavy (non-hydrogen) atoms. The van der Waals surface area contributed by atoms with Gasteiger partial charge in [0.25, 0.3) is 0 Å². The molecule has 1 aliphatic rings. The Morgan fingerprint density at radius 2 is 1.08 bits per heavy atom. The number of nitrogens with one attached hydrogen (secondary N) is 16. The molecule has 0 radical (unpaired) electrons. The molecular weight excluding hydrogens is 1810 g/mol. The largest absolute Gasteiger partial charge is 0.508 e. The van der Waals surface area contributed by atoms with Crippen molar-refractivity contribution in [1.29, 1.82) is 0 Å². The number of carbonyl (C=O) groups excluding carboxylic acids is 19. The molecule has 0 saturated heterocycles. The number of phenolic OH excluding ortho intramolecular Hbond substituents is 1. The van der Waals surface area contributed by atoms with E-state index in [9.17, 15) is 82.4 Å². The number of aromatic nitrogens is 1. The number of benzene rings is 3. The number of H-pyrrole nitrogens is 1. The fraction of sp³-hybridized carbons (Fsp3) is 0.567. The van der Waals surface area contributed by atoms with Gasteiger partial charge in [-0.25, -0.2) is 10.4 Å². The SMILES string of the molecule is CC(=O)N[C@@H](CC(C)C)C(=O)N[C@H](C(=O)N[C@@H](Cc1ccccc1)C(=O)N[C@@]1(C)CCCCCC/C=C/CCC[C@@](C)(C(=O)NC(C)C(=O)N[C@@H](C)C(=O)NC(C)C(=O)N[C@@H](C)C(=O)C(=O)[C@H](C)NN(C)CC(N)=O)NC(=O)[C@H](CC(C)C)CN[C@@H](CCC(N)=O)C(=O)C(=O)C(C)NC(=O)[C@H](Cc2c[nH]c3ccccc23)NC(=O)C(Cc2ccc(O)cc2)NC(=O)[C@H](CCC(=O)O)NC1=O)[C@@H](C)O.CN. The first-order chi connectivity index (χ1) is 65.8. The molecule has 0 saturated carbocycles. The molecule has 5 rings (SSSR count). The number of likely N-dealkylation sites (N-methyl/N-ethyl adjacent to an activating group) is 1. The summed E-state index contributed by atoms with van der Waals surface area (Å²) in [6.45, 7) is 19.4. The van der Waals surface area contributed by atoms with Gasteiger partial charge in [-0.3, -0.25) is 95.9 Å². The van der Waals surface area contributed by atoms with E-state index in [0.29, 0.717) is 59.7 Å². The molecule has 772 valence electrons. The molecule has 17 atom stereocenters. The number of aromatic hydroxyl groups is 1. The van der Waals surface area contributed by atoms with Crippen molar-refractivity contribution in [2.45, 2.75) is 308 Å². The second-order valence-electron chi connectivity index (χ2n) is 36.9. The summed E-state index contributed by atoms with van der Waals surface area (Å²) in [6.07, 6.45) is 2.86. The smallest absolute Gasteiger partial charge is 0.303 e. The van der Waals surface area contributed by atoms with Gasteiger partial charge in [-0.15, -0.1) is 0 Å². The molecule has 0 fully saturated rings. The Morgan fingerprint density at radius 1 is 0.529 bits per heavy atom. The van der Waals surface area contributed by atoms with Gasteiger partial charge in [-0.2, -0.15) is 0 Å². The summed E-state index contributed by atoms with van der Waals surface area (Å²) in [5.41, 5.74) is 15.9. The molecular formula is C97H146N20O23. The number of primary amides is 2. The van der Waals surface area contributed by atoms with E-state index >= 15 is 28.8 Å². The van der Waals surface area contributed by atoms with Crippen LogP contribution in [0.15, 0.2) is 97.2 Å². The third-order valence-electron chi connectivity index (χ3n) is 23.4. The van der Waals surface area contributed by atoms with Crippen molar-refractivity contribution in [2.75, 3.05) is 27.2 Å². The van der Waals surface area contributed by atoms with E-state index < -0.39 is 251 Å². The predicted octanol–water partition coefficient (Wildman–Crippen LogP) is -0.477. The molecule has 3 aromatic carbocycles. The summed E-state index contributed by atoms with van der Waals surface area (Å²) in [5.74, 6) is -21.1. The number of nitrogens with zero attached hydrogens (tertiary/aromatic N) is 1. The number of hydrazine groups is 1. The van der Waals surface area contributed by atoms with Crippen molar-refractivity contribution in [3.8, 4) is 5.75 Å². The first-order valence-electron chi connectivity index (χ1n) is 47.2. The van der Waals surface area contributed by atoms with E-state index in [2.05, 4.69) is 90.6 Å². The molecule has 15 amide bonds. The summed E-state index contributed by atoms with van der Waals surface area (Å²) < 4.78 is 0. The Balaban J connectivity index is 0.0000203. The lowest BCUT2D eigenvalue weighted by Crippen LogP contribution is -2.65. The van der Waals surface area contributed by atoms with Crippen LogP contribution >= 0.6 is 0 Å². The van der Waals surface area contributed by atoms with E-state index in [1.54, 1.807) is 88.5 Å². The van der Waals surface area contributed by atoms with Crippen molar-refractivity contribution in [3.05, 3.63) is 114 Å². The standard InChI is InChI=1S/C96H141N19O23.CH5N/c1-52(2)44-65-50-100-69(38-40-75(97)119)82(126)80(124)55(6)102-88(132)74(48-64-49-99-68-33-27-26-32-67(64)68)108-89(133)72(47-63-34-36-66(118)37-35-63)107-87(131)70(39-41-77(121)122)110-94(138)96(14,113-91(135)73(46-62-30-24-23-25-31-62)109-92(136)78(60(11)116)111-90(134)71(45-53(3)4)106-61(12)117)43-29-22-20-18-16-17-19-21-28-42-95(13,112-86(65)130)93(137)105-59(10)85(129)104-58(9)84(128)103-57(8)83(127)101-54(5)79(123)81(125)56(7)114-115(15)51-76(98)120;1-2/h17,19,23-27,30-37,49,52-60,65,69-74,78,99-100,114,116,118H,16,18,20-22,28-29,38-48,50-51H2,1-15H3,(H2,97,119)(H2,98,120)(H,101,127)(H,102,132)(H,103,128)(H,104,129)(H,105,137)(H,106,117)(H,107,131)(H,108,133)(H,109,136)(H,110,138)(H,111,134)(H,112,130)(H,113,135)(H,121,122);2H2,1H3/b19-17+;/t54-,55?,56-,57?,58-,59?,60+,65+,69-,70-,71-,72?,73-,74-,78-,95-,96-;/m0./s1. The summed E-state index contributed by atoms with van der Waals surface area (Å²) in [7, 11) is 2.92. The summed E-state index contributed by atoms with van der Waals surface area (Å²) >= 11 is 0. The number of rotatable bonds is 39. The van der Waals surface area contributed by atoms with Crippen molar-refractivity contribution in [3.63, 3.8) is 0 Å². The Kier molecular flexibility index (Phi) is 49.8. The van der Waals surface area contributed by atoms with Crippen LogP contribution in [0.4, 0.5) is 0 Å². The number of carbonyl (C=O) groups is 20. The van der Waals surface area contributed by atoms with Gasteiger partial charge in [0.2, 0.25) is 112 Å². The number of nitrogens with two attached hydrogens (primary N) is 3. The van der Waals surface area contributed by atoms with Crippen molar-refractivity contribution in [1.82, 2.24) is 89.9 Å². The number of allylic oxidation sites excluding steroid dienone is 2. The van der Waals surface area contributed by atoms with Crippen LogP contribution in [0.3, 0.4) is 0 Å². The Hall–Kier alpha value is -13.3. The zero-order valence-corrected chi connectivity index (χ0v) is 82.9. The number of fused-ring (bicyclic) bond motifs is 1. The second kappa shape index (κ2) is 58.6. The monoisotopic (exact) mass is 1960 g/mol. The Bertz CT molecular complexity index is 4970. The fourth-order valence-corrected chi connectivity index (χ4v) is 15.5. The van der Waals surface area contributed by atoms with Gasteiger partial charge in [0.05, 0.1) is 42.7 Å². The quantitative estimate of drug-likeness (QED) is 0.0152. The van der Waals surface area contributed by atoms with Gasteiger partial charge in [0, 0.05) is 69.7 Å². The van der Waals surface area contributed by atoms with E-state index in [-0.39, 0.29) is 82.0 Å². The van der Waals surface area contributed by atoms with Crippen LogP contribution in [0.25, 0.3) is 10.9 Å². The second-order valence-corrected chi connectivity index (χ2v) is 36.9. The summed E-state index contributed by atoms with van der Waals surface area (Å²) in [5, 5.41) is 70.3. The van der Waals surface area contributed by atoms with Crippen LogP contribution in [0.2, 0.25) is 0 Å². The first-order valence-corrected chi connectivity index (χ1v) is 47.2. The maximum atomic E-state index is 15.6. The normalized spacial score (nSPS) is 21.6. The van der Waals surface area contributed by atoms with Crippen molar-refractivity contribution in [2.24, 2.45) is 35.0 Å². The summed E-state index contributed by atoms with van der Waals surface area (Å²) in [6, 6.07) is 0.971. The Morgan fingerprint density at radius 3 is 1.66 bits per heavy atom. The molecule has 43 heteroatoms. The van der Waals surface area contributed by atoms with Crippen LogP contribution in [0, 0.1) is 17.8 Å². The highest BCUT2D eigenvalue weighted by molar-refractivity contribution is 6.41. The molecule has 25 N–H and O–H groups in total. The minimum Gasteiger partial charge on any atom is -0.508 e. The molecule has 4 unspecified atom stereocenters. The number of carboxylic acid groups (broad SMARTS) is 1. The number of aliphatic hydroxyl groups excluding tert-OH is 1. The average Bonchev–Trinajstić information content (AvgIpc) is 0.923. The number of amides is 15. The van der Waals surface area contributed by atoms with Crippen LogP contribution in [0.5, 0.6) is 5.75 Å². The van der Waals surface area contributed by atoms with Crippen molar-refractivity contribution < 1.29 is 111 Å². The number of phenols is 1. The molecule has 0 bridgehead atoms. The zero-order chi connectivity index (χ0) is 105. The third kappa shape index (κ3) is 40.3. The van der Waals surface area contributed by atoms with Gasteiger partial charge in [0.1, 0.15) is 71.2 Å². The number of ketones is 4. The number of para-hydroxylation sites is 1. The number of aliphatic hydroxyl groups is 1. The van der Waals surface area contributed by atoms with Crippen LogP contribution in [0.1, 0.15) is 210 Å². The van der Waals surface area contributed by atoms with Crippen molar-refractivity contribution >= 4 is 129 Å². The lowest BCUT2D eigenvalue weighted by Gasteiger charge is -2.34. The minimum atomic E-state index is -2.08. The van der Waals surface area contributed by atoms with E-state index in [0.717, 1.165) is 0 Å². The number of hydrogen-bond donors (Lipinski definition) is 22. The molecule has 2 heterocycles. The number of hydrogen-bond acceptors (Lipinski definition) is 26. The first kappa shape index (κ1) is 119. The van der Waals surface area contributed by atoms with Gasteiger partial charge in [0.15, 0.2) is 0 Å². The van der Waals surface area contributed by atoms with Crippen LogP contribution in [-0.2, 0) is 115 Å². The highest BCUT2D eigenvalue weighted by atomic mass is 16.4. The zero-order valence-electron chi connectivity index (χ0n) is 82.9. The maximum absolute atomic E-state index is 15.6. The van der Waals surface area contributed by atoms with E-state index in [4.69, 9.17) is 11.5 Å². The molecule has 43 nitrogen and oxygen atoms in total. The molecule has 1 aliphatic heterocycles. The molecule has 0 spiro atoms. The van der Waals surface area contributed by atoms with Gasteiger partial charge >= 0.3 is 5.97 Å². The predicted molar refractivity (Wildman–Crippen MR) is 519 cm³/mol. The molecule has 4 aromatic rings. The average molecular weight is 1960 g/mol. The summed E-state index contributed by atoms with van der Waals surface area (Å²) in [4.78, 5) is 283. The highest BCUT2D eigenvalue weighted by Gasteiger charge is 2.44. The van der Waals surface area contributed by atoms with Crippen LogP contribution in [-0.4, -0.2) is 266 Å². The number of aromatic amines is 1. The Labute approximate surface area is 815 Å². The number of Topliss-reactive ketones (excluding diaryl/α,β-unsaturated/α-hetero) is 4. The fourth-order valence-electron chi connectivity index (χ4n) is 15.5. The lowest BCUT2D eigenvalue weighted by atomic mass is 9.89. The minimum absolute atomic E-state index is 0.0819. The van der Waals surface area contributed by atoms with Gasteiger partial charge < -0.3 is 112 Å². The number of aliphatic carboxylic acids is 1. The number of carboxylic acids is 1. The van der Waals surface area contributed by atoms with Gasteiger partial charge in [-0.05, 0) is 180 Å². The maximum Gasteiger partial charge on any atom is 0.303 e. The third-order valence-corrected chi connectivity index (χ3v) is 23.4. The van der Waals surface area contributed by atoms with Crippen LogP contribution < -0.4 is 97.1 Å². The van der Waals surface area contributed by atoms with E-state index in [1.807, 2.05) is 12.2 Å². The highest BCUT2D eigenvalue weighted by Crippen LogP contribution is 2.25. The van der Waals surface area contributed by atoms with Gasteiger partial charge in [-0.1, -0.05) is 120 Å². The topological polar surface area (TPSA) is 680 Å².